The summed E-state index contributed by atoms with van der Waals surface area (Å²) in [6.45, 7) is 2.27. The van der Waals surface area contributed by atoms with Crippen LogP contribution in [0.4, 0.5) is 0 Å². The number of thioether (sulfide) groups is 1. The highest BCUT2D eigenvalue weighted by atomic mass is 32.2. The van der Waals surface area contributed by atoms with Gasteiger partial charge < -0.3 is 5.11 Å². The summed E-state index contributed by atoms with van der Waals surface area (Å²) in [6, 6.07) is 9.51. The number of hydrogen-bond acceptors (Lipinski definition) is 3. The Balaban J connectivity index is 1.60. The fourth-order valence-corrected chi connectivity index (χ4v) is 4.96. The Labute approximate surface area is 126 Å². The van der Waals surface area contributed by atoms with E-state index in [-0.39, 0.29) is 0 Å². The fourth-order valence-electron chi connectivity index (χ4n) is 3.61. The molecule has 0 aromatic heterocycles. The summed E-state index contributed by atoms with van der Waals surface area (Å²) in [5.41, 5.74) is 1.51. The summed E-state index contributed by atoms with van der Waals surface area (Å²) >= 11 is 2.03. The summed E-state index contributed by atoms with van der Waals surface area (Å²) < 4.78 is 0. The van der Waals surface area contributed by atoms with E-state index in [4.69, 9.17) is 0 Å². The summed E-state index contributed by atoms with van der Waals surface area (Å²) in [4.78, 5) is 4.02. The van der Waals surface area contributed by atoms with Crippen LogP contribution in [0, 0.1) is 0 Å². The van der Waals surface area contributed by atoms with Gasteiger partial charge in [0.1, 0.15) is 0 Å². The zero-order chi connectivity index (χ0) is 13.8. The van der Waals surface area contributed by atoms with Gasteiger partial charge >= 0.3 is 0 Å². The van der Waals surface area contributed by atoms with Crippen LogP contribution in [0.1, 0.15) is 37.7 Å². The van der Waals surface area contributed by atoms with Gasteiger partial charge in [0.05, 0.1) is 6.61 Å². The van der Waals surface area contributed by atoms with Crippen molar-refractivity contribution in [2.75, 3.05) is 19.7 Å². The van der Waals surface area contributed by atoms with Crippen LogP contribution in [0.25, 0.3) is 0 Å². The van der Waals surface area contributed by atoms with Gasteiger partial charge in [-0.15, -0.1) is 11.8 Å². The minimum Gasteiger partial charge on any atom is -0.395 e. The van der Waals surface area contributed by atoms with Gasteiger partial charge in [0.15, 0.2) is 0 Å². The van der Waals surface area contributed by atoms with E-state index >= 15 is 0 Å². The smallest absolute Gasteiger partial charge is 0.0558 e. The molecule has 0 amide bonds. The Bertz CT molecular complexity index is 406. The summed E-state index contributed by atoms with van der Waals surface area (Å²) in [6.07, 6.45) is 7.96. The molecule has 1 fully saturated rings. The maximum absolute atomic E-state index is 9.37. The number of rotatable bonds is 5. The molecule has 1 atom stereocenters. The molecule has 2 aliphatic rings. The van der Waals surface area contributed by atoms with E-state index in [9.17, 15) is 5.11 Å². The molecule has 1 saturated carbocycles. The molecule has 1 aromatic rings. The van der Waals surface area contributed by atoms with E-state index in [0.29, 0.717) is 17.9 Å². The van der Waals surface area contributed by atoms with Gasteiger partial charge in [-0.2, -0.15) is 0 Å². The first-order chi connectivity index (χ1) is 9.86. The monoisotopic (exact) mass is 291 g/mol. The second-order valence-corrected chi connectivity index (χ2v) is 7.40. The van der Waals surface area contributed by atoms with E-state index in [1.54, 1.807) is 0 Å². The van der Waals surface area contributed by atoms with Crippen LogP contribution >= 0.6 is 11.8 Å². The van der Waals surface area contributed by atoms with Crippen molar-refractivity contribution < 1.29 is 5.11 Å². The molecular formula is C17H25NOS. The number of hydrogen-bond donors (Lipinski definition) is 1. The second-order valence-electron chi connectivity index (χ2n) is 6.06. The first kappa shape index (κ1) is 14.4. The van der Waals surface area contributed by atoms with Gasteiger partial charge in [-0.25, -0.2) is 0 Å². The molecule has 1 aromatic carbocycles. The minimum absolute atomic E-state index is 0.292. The third kappa shape index (κ3) is 3.38. The predicted molar refractivity (Wildman–Crippen MR) is 85.3 cm³/mol. The van der Waals surface area contributed by atoms with E-state index in [1.165, 1.54) is 49.0 Å². The zero-order valence-corrected chi connectivity index (χ0v) is 12.9. The number of benzene rings is 1. The van der Waals surface area contributed by atoms with E-state index < -0.39 is 0 Å². The maximum atomic E-state index is 9.37. The Morgan fingerprint density at radius 1 is 1.15 bits per heavy atom. The molecule has 1 aliphatic heterocycles. The number of aliphatic hydroxyl groups is 1. The molecule has 20 heavy (non-hydrogen) atoms. The predicted octanol–water partition coefficient (Wildman–Crippen LogP) is 3.33. The Hall–Kier alpha value is -0.510. The molecule has 1 heterocycles. The molecule has 1 unspecified atom stereocenters. The normalized spacial score (nSPS) is 23.2. The van der Waals surface area contributed by atoms with Crippen molar-refractivity contribution in [1.82, 2.24) is 4.90 Å². The second kappa shape index (κ2) is 6.97. The van der Waals surface area contributed by atoms with Gasteiger partial charge in [-0.1, -0.05) is 37.5 Å². The lowest BCUT2D eigenvalue weighted by molar-refractivity contribution is 0.124. The standard InChI is InChI=1S/C17H25NOS/c19-11-10-18(15-7-2-1-3-8-15)13-16-12-14-6-4-5-9-17(14)20-16/h4-6,9,15-16,19H,1-3,7-8,10-13H2. The van der Waals surface area contributed by atoms with E-state index in [2.05, 4.69) is 29.2 Å². The lowest BCUT2D eigenvalue weighted by Crippen LogP contribution is -2.42. The van der Waals surface area contributed by atoms with Gasteiger partial charge in [-0.3, -0.25) is 4.90 Å². The van der Waals surface area contributed by atoms with Crippen LogP contribution in [-0.4, -0.2) is 41.0 Å². The maximum Gasteiger partial charge on any atom is 0.0558 e. The van der Waals surface area contributed by atoms with Crippen molar-refractivity contribution in [2.45, 2.75) is 54.7 Å². The average molecular weight is 291 g/mol. The van der Waals surface area contributed by atoms with Crippen molar-refractivity contribution in [3.05, 3.63) is 29.8 Å². The Kier molecular flexibility index (Phi) is 5.03. The van der Waals surface area contributed by atoms with Crippen LogP contribution in [0.2, 0.25) is 0 Å². The zero-order valence-electron chi connectivity index (χ0n) is 12.1. The molecule has 110 valence electrons. The van der Waals surface area contributed by atoms with Crippen LogP contribution in [0.15, 0.2) is 29.2 Å². The highest BCUT2D eigenvalue weighted by Crippen LogP contribution is 2.37. The SMILES string of the molecule is OCCN(CC1Cc2ccccc2S1)C1CCCCC1. The van der Waals surface area contributed by atoms with Crippen LogP contribution in [0.5, 0.6) is 0 Å². The Morgan fingerprint density at radius 2 is 1.95 bits per heavy atom. The van der Waals surface area contributed by atoms with Crippen LogP contribution in [-0.2, 0) is 6.42 Å². The van der Waals surface area contributed by atoms with Crippen molar-refractivity contribution in [2.24, 2.45) is 0 Å². The molecular weight excluding hydrogens is 266 g/mol. The summed E-state index contributed by atoms with van der Waals surface area (Å²) in [7, 11) is 0. The molecule has 0 bridgehead atoms. The van der Waals surface area contributed by atoms with Gasteiger partial charge in [-0.05, 0) is 30.9 Å². The molecule has 1 aliphatic carbocycles. The molecule has 1 N–H and O–H groups in total. The van der Waals surface area contributed by atoms with E-state index in [0.717, 1.165) is 13.1 Å². The molecule has 3 rings (SSSR count). The highest BCUT2D eigenvalue weighted by molar-refractivity contribution is 8.00. The molecule has 0 radical (unpaired) electrons. The van der Waals surface area contributed by atoms with E-state index in [1.807, 2.05) is 11.8 Å². The third-order valence-corrected chi connectivity index (χ3v) is 5.93. The molecule has 0 spiro atoms. The van der Waals surface area contributed by atoms with Crippen LogP contribution in [0.3, 0.4) is 0 Å². The van der Waals surface area contributed by atoms with Crippen molar-refractivity contribution in [3.63, 3.8) is 0 Å². The third-order valence-electron chi connectivity index (χ3n) is 4.63. The number of aliphatic hydroxyl groups excluding tert-OH is 1. The van der Waals surface area contributed by atoms with Gasteiger partial charge in [0, 0.05) is 29.3 Å². The molecule has 2 nitrogen and oxygen atoms in total. The van der Waals surface area contributed by atoms with Crippen molar-refractivity contribution >= 4 is 11.8 Å². The first-order valence-electron chi connectivity index (χ1n) is 7.96. The van der Waals surface area contributed by atoms with Gasteiger partial charge in [0.25, 0.3) is 0 Å². The topological polar surface area (TPSA) is 23.5 Å². The first-order valence-corrected chi connectivity index (χ1v) is 8.84. The number of fused-ring (bicyclic) bond motifs is 1. The lowest BCUT2D eigenvalue weighted by Gasteiger charge is -2.35. The lowest BCUT2D eigenvalue weighted by atomic mass is 9.94. The fraction of sp³-hybridized carbons (Fsp3) is 0.647. The minimum atomic E-state index is 0.292. The van der Waals surface area contributed by atoms with Crippen molar-refractivity contribution in [3.8, 4) is 0 Å². The van der Waals surface area contributed by atoms with Gasteiger partial charge in [0.2, 0.25) is 0 Å². The number of nitrogens with zero attached hydrogens (tertiary/aromatic N) is 1. The quantitative estimate of drug-likeness (QED) is 0.900. The summed E-state index contributed by atoms with van der Waals surface area (Å²) in [5, 5.41) is 10.0. The average Bonchev–Trinajstić information content (AvgIpc) is 2.90. The largest absolute Gasteiger partial charge is 0.395 e. The summed E-state index contributed by atoms with van der Waals surface area (Å²) in [5.74, 6) is 0. The molecule has 3 heteroatoms. The van der Waals surface area contributed by atoms with Crippen molar-refractivity contribution in [1.29, 1.82) is 0 Å². The Morgan fingerprint density at radius 3 is 2.70 bits per heavy atom. The molecule has 0 saturated heterocycles. The van der Waals surface area contributed by atoms with Crippen LogP contribution < -0.4 is 0 Å². The highest BCUT2D eigenvalue weighted by Gasteiger charge is 2.27.